The summed E-state index contributed by atoms with van der Waals surface area (Å²) in [7, 11) is 0. The number of hydrogen-bond acceptors (Lipinski definition) is 2. The van der Waals surface area contributed by atoms with E-state index < -0.39 is 0 Å². The Morgan fingerprint density at radius 3 is 3.00 bits per heavy atom. The van der Waals surface area contributed by atoms with E-state index in [0.29, 0.717) is 5.39 Å². The maximum absolute atomic E-state index is 11.3. The first-order valence-corrected chi connectivity index (χ1v) is 4.28. The van der Waals surface area contributed by atoms with Gasteiger partial charge in [0.05, 0.1) is 11.6 Å². The second kappa shape index (κ2) is 3.01. The minimum atomic E-state index is -0.118. The molecule has 13 heavy (non-hydrogen) atoms. The van der Waals surface area contributed by atoms with Crippen LogP contribution in [0.5, 0.6) is 0 Å². The number of benzene rings is 1. The molecule has 0 fully saturated rings. The molecule has 0 aliphatic carbocycles. The molecule has 0 aliphatic rings. The molecular formula is C10H10N2O. The van der Waals surface area contributed by atoms with Crippen molar-refractivity contribution in [3.05, 3.63) is 40.3 Å². The molecule has 0 atom stereocenters. The highest BCUT2D eigenvalue weighted by Crippen LogP contribution is 2.13. The molecular weight excluding hydrogens is 164 g/mol. The molecule has 1 N–H and O–H groups in total. The van der Waals surface area contributed by atoms with Gasteiger partial charge in [-0.15, -0.1) is 0 Å². The average molecular weight is 174 g/mol. The highest BCUT2D eigenvalue weighted by Gasteiger charge is 2.01. The van der Waals surface area contributed by atoms with Crippen LogP contribution in [0.4, 0.5) is 0 Å². The van der Waals surface area contributed by atoms with E-state index in [1.165, 1.54) is 0 Å². The van der Waals surface area contributed by atoms with Gasteiger partial charge in [-0.05, 0) is 18.1 Å². The smallest absolute Gasteiger partial charge is 0.267 e. The number of hydrogen-bond donors (Lipinski definition) is 1. The van der Waals surface area contributed by atoms with Crippen molar-refractivity contribution in [1.29, 1.82) is 0 Å². The van der Waals surface area contributed by atoms with Crippen LogP contribution in [0.3, 0.4) is 0 Å². The van der Waals surface area contributed by atoms with Gasteiger partial charge in [-0.2, -0.15) is 5.10 Å². The van der Waals surface area contributed by atoms with Gasteiger partial charge in [-0.25, -0.2) is 5.10 Å². The molecule has 66 valence electrons. The van der Waals surface area contributed by atoms with Crippen LogP contribution in [0, 0.1) is 0 Å². The van der Waals surface area contributed by atoms with Crippen LogP contribution in [-0.2, 0) is 6.42 Å². The zero-order valence-corrected chi connectivity index (χ0v) is 7.37. The lowest BCUT2D eigenvalue weighted by molar-refractivity contribution is 1.01. The predicted octanol–water partition coefficient (Wildman–Crippen LogP) is 1.49. The largest absolute Gasteiger partial charge is 0.272 e. The first-order chi connectivity index (χ1) is 6.33. The third-order valence-electron chi connectivity index (χ3n) is 2.18. The summed E-state index contributed by atoms with van der Waals surface area (Å²) in [5, 5.41) is 7.87. The molecule has 1 aromatic heterocycles. The third kappa shape index (κ3) is 1.22. The summed E-state index contributed by atoms with van der Waals surface area (Å²) in [5.41, 5.74) is 1.05. The van der Waals surface area contributed by atoms with Gasteiger partial charge in [0, 0.05) is 5.39 Å². The number of aromatic nitrogens is 2. The Bertz CT molecular complexity index is 487. The first kappa shape index (κ1) is 7.98. The molecule has 2 rings (SSSR count). The van der Waals surface area contributed by atoms with Crippen LogP contribution in [-0.4, -0.2) is 10.2 Å². The Balaban J connectivity index is 2.92. The van der Waals surface area contributed by atoms with Crippen LogP contribution in [0.15, 0.2) is 29.2 Å². The van der Waals surface area contributed by atoms with E-state index in [4.69, 9.17) is 0 Å². The summed E-state index contributed by atoms with van der Waals surface area (Å²) >= 11 is 0. The van der Waals surface area contributed by atoms with Crippen LogP contribution in [0.25, 0.3) is 10.8 Å². The number of fused-ring (bicyclic) bond motifs is 1. The fourth-order valence-electron chi connectivity index (χ4n) is 1.49. The van der Waals surface area contributed by atoms with Gasteiger partial charge in [0.1, 0.15) is 0 Å². The molecule has 3 nitrogen and oxygen atoms in total. The standard InChI is InChI=1S/C10H10N2O/c1-2-7-4-3-5-8-9(7)6-11-12-10(8)13/h3-6H,2H2,1H3,(H,12,13). The molecule has 0 saturated carbocycles. The fourth-order valence-corrected chi connectivity index (χ4v) is 1.49. The lowest BCUT2D eigenvalue weighted by atomic mass is 10.1. The minimum Gasteiger partial charge on any atom is -0.267 e. The van der Waals surface area contributed by atoms with E-state index in [-0.39, 0.29) is 5.56 Å². The van der Waals surface area contributed by atoms with Crippen molar-refractivity contribution in [2.75, 3.05) is 0 Å². The monoisotopic (exact) mass is 174 g/mol. The number of rotatable bonds is 1. The number of nitrogens with zero attached hydrogens (tertiary/aromatic N) is 1. The number of aryl methyl sites for hydroxylation is 1. The number of aromatic amines is 1. The maximum Gasteiger partial charge on any atom is 0.272 e. The molecule has 0 amide bonds. The first-order valence-electron chi connectivity index (χ1n) is 4.28. The van der Waals surface area contributed by atoms with Crippen LogP contribution in [0.2, 0.25) is 0 Å². The Labute approximate surface area is 75.4 Å². The summed E-state index contributed by atoms with van der Waals surface area (Å²) in [5.74, 6) is 0. The van der Waals surface area contributed by atoms with Gasteiger partial charge >= 0.3 is 0 Å². The molecule has 0 bridgehead atoms. The fraction of sp³-hybridized carbons (Fsp3) is 0.200. The Morgan fingerprint density at radius 1 is 1.38 bits per heavy atom. The van der Waals surface area contributed by atoms with Crippen molar-refractivity contribution in [1.82, 2.24) is 10.2 Å². The van der Waals surface area contributed by atoms with E-state index >= 15 is 0 Å². The van der Waals surface area contributed by atoms with E-state index in [9.17, 15) is 4.79 Å². The molecule has 3 heteroatoms. The van der Waals surface area contributed by atoms with Gasteiger partial charge in [0.2, 0.25) is 0 Å². The summed E-state index contributed by atoms with van der Waals surface area (Å²) in [6.45, 7) is 2.07. The van der Waals surface area contributed by atoms with Crippen LogP contribution in [0.1, 0.15) is 12.5 Å². The number of H-pyrrole nitrogens is 1. The number of nitrogens with one attached hydrogen (secondary N) is 1. The van der Waals surface area contributed by atoms with Crippen LogP contribution < -0.4 is 5.56 Å². The Morgan fingerprint density at radius 2 is 2.23 bits per heavy atom. The van der Waals surface area contributed by atoms with Crippen molar-refractivity contribution in [2.24, 2.45) is 0 Å². The average Bonchev–Trinajstić information content (AvgIpc) is 2.18. The zero-order valence-electron chi connectivity index (χ0n) is 7.37. The van der Waals surface area contributed by atoms with E-state index in [0.717, 1.165) is 17.4 Å². The van der Waals surface area contributed by atoms with Gasteiger partial charge in [-0.1, -0.05) is 19.1 Å². The molecule has 0 aliphatic heterocycles. The van der Waals surface area contributed by atoms with Gasteiger partial charge < -0.3 is 0 Å². The highest BCUT2D eigenvalue weighted by molar-refractivity contribution is 5.83. The Hall–Kier alpha value is -1.64. The lowest BCUT2D eigenvalue weighted by Crippen LogP contribution is -2.07. The van der Waals surface area contributed by atoms with Crippen LogP contribution >= 0.6 is 0 Å². The van der Waals surface area contributed by atoms with E-state index in [1.54, 1.807) is 6.20 Å². The second-order valence-electron chi connectivity index (χ2n) is 2.93. The van der Waals surface area contributed by atoms with Gasteiger partial charge in [0.25, 0.3) is 5.56 Å². The summed E-state index contributed by atoms with van der Waals surface area (Å²) in [6, 6.07) is 5.73. The molecule has 0 spiro atoms. The quantitative estimate of drug-likeness (QED) is 0.711. The summed E-state index contributed by atoms with van der Waals surface area (Å²) in [6.07, 6.45) is 2.62. The third-order valence-corrected chi connectivity index (χ3v) is 2.18. The predicted molar refractivity (Wildman–Crippen MR) is 51.7 cm³/mol. The highest BCUT2D eigenvalue weighted by atomic mass is 16.1. The molecule has 1 heterocycles. The van der Waals surface area contributed by atoms with Crippen molar-refractivity contribution in [2.45, 2.75) is 13.3 Å². The SMILES string of the molecule is CCc1cccc2c(=O)[nH]ncc12. The second-order valence-corrected chi connectivity index (χ2v) is 2.93. The zero-order chi connectivity index (χ0) is 9.26. The lowest BCUT2D eigenvalue weighted by Gasteiger charge is -2.00. The summed E-state index contributed by atoms with van der Waals surface area (Å²) < 4.78 is 0. The van der Waals surface area contributed by atoms with E-state index in [2.05, 4.69) is 17.1 Å². The van der Waals surface area contributed by atoms with Crippen molar-refractivity contribution in [3.8, 4) is 0 Å². The van der Waals surface area contributed by atoms with Crippen molar-refractivity contribution in [3.63, 3.8) is 0 Å². The Kier molecular flexibility index (Phi) is 1.85. The van der Waals surface area contributed by atoms with Gasteiger partial charge in [0.15, 0.2) is 0 Å². The molecule has 2 aromatic rings. The normalized spacial score (nSPS) is 10.5. The molecule has 0 saturated heterocycles. The maximum atomic E-state index is 11.3. The van der Waals surface area contributed by atoms with Crippen molar-refractivity contribution >= 4 is 10.8 Å². The van der Waals surface area contributed by atoms with Gasteiger partial charge in [-0.3, -0.25) is 4.79 Å². The topological polar surface area (TPSA) is 45.8 Å². The van der Waals surface area contributed by atoms with E-state index in [1.807, 2.05) is 18.2 Å². The molecule has 0 radical (unpaired) electrons. The minimum absolute atomic E-state index is 0.118. The summed E-state index contributed by atoms with van der Waals surface area (Å²) in [4.78, 5) is 11.3. The van der Waals surface area contributed by atoms with Crippen molar-refractivity contribution < 1.29 is 0 Å². The molecule has 0 unspecified atom stereocenters. The molecule has 1 aromatic carbocycles.